The molecule has 2 rings (SSSR count). The second-order valence-electron chi connectivity index (χ2n) is 6.51. The normalized spacial score (nSPS) is 20.9. The summed E-state index contributed by atoms with van der Waals surface area (Å²) in [6, 6.07) is 10.7. The van der Waals surface area contributed by atoms with Crippen LogP contribution in [0.15, 0.2) is 30.3 Å². The SMILES string of the molecule is O=C(O)CCCCC(=O)NC1CCCCC1Cc1ccccc1. The van der Waals surface area contributed by atoms with Crippen molar-refractivity contribution in [3.63, 3.8) is 0 Å². The molecule has 1 aromatic rings. The maximum Gasteiger partial charge on any atom is 0.303 e. The van der Waals surface area contributed by atoms with Crippen molar-refractivity contribution < 1.29 is 14.7 Å². The highest BCUT2D eigenvalue weighted by Crippen LogP contribution is 2.27. The van der Waals surface area contributed by atoms with Crippen LogP contribution in [0.5, 0.6) is 0 Å². The zero-order chi connectivity index (χ0) is 16.5. The van der Waals surface area contributed by atoms with Gasteiger partial charge in [-0.25, -0.2) is 0 Å². The Morgan fingerprint density at radius 3 is 2.48 bits per heavy atom. The summed E-state index contributed by atoms with van der Waals surface area (Å²) in [5.74, 6) is -0.213. The molecule has 1 amide bonds. The van der Waals surface area contributed by atoms with E-state index < -0.39 is 5.97 Å². The molecule has 1 fully saturated rings. The number of nitrogens with one attached hydrogen (secondary N) is 1. The first-order valence-corrected chi connectivity index (χ1v) is 8.70. The lowest BCUT2D eigenvalue weighted by Gasteiger charge is -2.32. The summed E-state index contributed by atoms with van der Waals surface area (Å²) in [4.78, 5) is 22.6. The van der Waals surface area contributed by atoms with Crippen LogP contribution < -0.4 is 5.32 Å². The molecule has 2 unspecified atom stereocenters. The maximum atomic E-state index is 12.1. The molecule has 0 spiro atoms. The summed E-state index contributed by atoms with van der Waals surface area (Å²) in [5, 5.41) is 11.8. The van der Waals surface area contributed by atoms with E-state index in [4.69, 9.17) is 5.11 Å². The Morgan fingerprint density at radius 2 is 1.74 bits per heavy atom. The van der Waals surface area contributed by atoms with E-state index >= 15 is 0 Å². The molecule has 0 bridgehead atoms. The first kappa shape index (κ1) is 17.5. The minimum Gasteiger partial charge on any atom is -0.481 e. The number of hydrogen-bond donors (Lipinski definition) is 2. The van der Waals surface area contributed by atoms with Gasteiger partial charge >= 0.3 is 5.97 Å². The lowest BCUT2D eigenvalue weighted by atomic mass is 9.80. The van der Waals surface area contributed by atoms with Crippen LogP contribution >= 0.6 is 0 Å². The first-order valence-electron chi connectivity index (χ1n) is 8.70. The Kier molecular flexibility index (Phi) is 7.11. The summed E-state index contributed by atoms with van der Waals surface area (Å²) in [6.45, 7) is 0. The third-order valence-electron chi connectivity index (χ3n) is 4.64. The molecule has 1 saturated carbocycles. The van der Waals surface area contributed by atoms with Crippen LogP contribution in [0.2, 0.25) is 0 Å². The minimum atomic E-state index is -0.791. The van der Waals surface area contributed by atoms with E-state index in [2.05, 4.69) is 29.6 Å². The third-order valence-corrected chi connectivity index (χ3v) is 4.64. The number of unbranched alkanes of at least 4 members (excludes halogenated alkanes) is 1. The average molecular weight is 317 g/mol. The van der Waals surface area contributed by atoms with Gasteiger partial charge in [0.05, 0.1) is 0 Å². The highest BCUT2D eigenvalue weighted by molar-refractivity contribution is 5.76. The van der Waals surface area contributed by atoms with E-state index in [9.17, 15) is 9.59 Å². The van der Waals surface area contributed by atoms with Crippen LogP contribution in [-0.2, 0) is 16.0 Å². The summed E-state index contributed by atoms with van der Waals surface area (Å²) < 4.78 is 0. The van der Waals surface area contributed by atoms with Gasteiger partial charge in [-0.2, -0.15) is 0 Å². The zero-order valence-electron chi connectivity index (χ0n) is 13.7. The third kappa shape index (κ3) is 6.43. The van der Waals surface area contributed by atoms with Crippen molar-refractivity contribution in [2.75, 3.05) is 0 Å². The maximum absolute atomic E-state index is 12.1. The number of benzene rings is 1. The van der Waals surface area contributed by atoms with E-state index in [1.807, 2.05) is 6.07 Å². The van der Waals surface area contributed by atoms with Gasteiger partial charge in [0, 0.05) is 18.9 Å². The quantitative estimate of drug-likeness (QED) is 0.721. The molecule has 1 aliphatic carbocycles. The van der Waals surface area contributed by atoms with Crippen molar-refractivity contribution >= 4 is 11.9 Å². The minimum absolute atomic E-state index is 0.0698. The highest BCUT2D eigenvalue weighted by Gasteiger charge is 2.26. The molecular formula is C19H27NO3. The Bertz CT molecular complexity index is 501. The summed E-state index contributed by atoms with van der Waals surface area (Å²) in [5.41, 5.74) is 1.33. The van der Waals surface area contributed by atoms with Gasteiger partial charge < -0.3 is 10.4 Å². The number of carboxylic acids is 1. The van der Waals surface area contributed by atoms with E-state index in [0.717, 1.165) is 12.8 Å². The highest BCUT2D eigenvalue weighted by atomic mass is 16.4. The molecule has 4 nitrogen and oxygen atoms in total. The zero-order valence-corrected chi connectivity index (χ0v) is 13.7. The molecule has 2 N–H and O–H groups in total. The number of aliphatic carboxylic acids is 1. The smallest absolute Gasteiger partial charge is 0.303 e. The van der Waals surface area contributed by atoms with Crippen LogP contribution in [0, 0.1) is 5.92 Å². The fourth-order valence-electron chi connectivity index (χ4n) is 3.40. The number of carbonyl (C=O) groups is 2. The Labute approximate surface area is 138 Å². The van der Waals surface area contributed by atoms with Gasteiger partial charge in [-0.3, -0.25) is 9.59 Å². The number of amides is 1. The van der Waals surface area contributed by atoms with Crippen molar-refractivity contribution in [2.45, 2.75) is 63.8 Å². The lowest BCUT2D eigenvalue weighted by Crippen LogP contribution is -2.42. The van der Waals surface area contributed by atoms with Crippen molar-refractivity contribution in [3.05, 3.63) is 35.9 Å². The van der Waals surface area contributed by atoms with Gasteiger partial charge in [0.15, 0.2) is 0 Å². The van der Waals surface area contributed by atoms with Crippen LogP contribution in [0.4, 0.5) is 0 Å². The first-order chi connectivity index (χ1) is 11.1. The van der Waals surface area contributed by atoms with E-state index in [1.165, 1.54) is 24.8 Å². The summed E-state index contributed by atoms with van der Waals surface area (Å²) in [6.07, 6.45) is 7.45. The van der Waals surface area contributed by atoms with Gasteiger partial charge in [-0.1, -0.05) is 43.2 Å². The average Bonchev–Trinajstić information content (AvgIpc) is 2.54. The molecule has 1 aromatic carbocycles. The molecular weight excluding hydrogens is 290 g/mol. The predicted octanol–water partition coefficient (Wildman–Crippen LogP) is 3.55. The lowest BCUT2D eigenvalue weighted by molar-refractivity contribution is -0.137. The molecule has 0 aliphatic heterocycles. The largest absolute Gasteiger partial charge is 0.481 e. The van der Waals surface area contributed by atoms with Crippen LogP contribution in [0.25, 0.3) is 0 Å². The van der Waals surface area contributed by atoms with Crippen LogP contribution in [-0.4, -0.2) is 23.0 Å². The summed E-state index contributed by atoms with van der Waals surface area (Å²) >= 11 is 0. The molecule has 23 heavy (non-hydrogen) atoms. The van der Waals surface area contributed by atoms with Crippen LogP contribution in [0.1, 0.15) is 56.9 Å². The Balaban J connectivity index is 1.79. The predicted molar refractivity (Wildman–Crippen MR) is 90.1 cm³/mol. The van der Waals surface area contributed by atoms with Crippen molar-refractivity contribution in [3.8, 4) is 0 Å². The molecule has 126 valence electrons. The topological polar surface area (TPSA) is 66.4 Å². The molecule has 2 atom stereocenters. The fraction of sp³-hybridized carbons (Fsp3) is 0.579. The number of rotatable bonds is 8. The van der Waals surface area contributed by atoms with Crippen LogP contribution in [0.3, 0.4) is 0 Å². The van der Waals surface area contributed by atoms with E-state index in [1.54, 1.807) is 0 Å². The van der Waals surface area contributed by atoms with Gasteiger partial charge in [-0.05, 0) is 43.6 Å². The molecule has 0 heterocycles. The summed E-state index contributed by atoms with van der Waals surface area (Å²) in [7, 11) is 0. The van der Waals surface area contributed by atoms with Crippen molar-refractivity contribution in [1.29, 1.82) is 0 Å². The van der Waals surface area contributed by atoms with Gasteiger partial charge in [0.2, 0.25) is 5.91 Å². The molecule has 0 saturated heterocycles. The second-order valence-corrected chi connectivity index (χ2v) is 6.51. The van der Waals surface area contributed by atoms with Crippen molar-refractivity contribution in [2.24, 2.45) is 5.92 Å². The Hall–Kier alpha value is -1.84. The standard InChI is InChI=1S/C19H27NO3/c21-18(12-6-7-13-19(22)23)20-17-11-5-4-10-16(17)14-15-8-2-1-3-9-15/h1-3,8-9,16-17H,4-7,10-14H2,(H,20,21)(H,22,23). The number of carbonyl (C=O) groups excluding carboxylic acids is 1. The van der Waals surface area contributed by atoms with Gasteiger partial charge in [-0.15, -0.1) is 0 Å². The second kappa shape index (κ2) is 9.33. The number of hydrogen-bond acceptors (Lipinski definition) is 2. The molecule has 1 aliphatic rings. The van der Waals surface area contributed by atoms with Gasteiger partial charge in [0.1, 0.15) is 0 Å². The van der Waals surface area contributed by atoms with Gasteiger partial charge in [0.25, 0.3) is 0 Å². The molecule has 4 heteroatoms. The Morgan fingerprint density at radius 1 is 1.04 bits per heavy atom. The van der Waals surface area contributed by atoms with Crippen molar-refractivity contribution in [1.82, 2.24) is 5.32 Å². The molecule has 0 radical (unpaired) electrons. The molecule has 0 aromatic heterocycles. The number of carboxylic acid groups (broad SMARTS) is 1. The van der Waals surface area contributed by atoms with E-state index in [-0.39, 0.29) is 18.4 Å². The fourth-order valence-corrected chi connectivity index (χ4v) is 3.40. The van der Waals surface area contributed by atoms with E-state index in [0.29, 0.717) is 25.2 Å². The monoisotopic (exact) mass is 317 g/mol.